The van der Waals surface area contributed by atoms with E-state index in [1.807, 2.05) is 55.1 Å². The van der Waals surface area contributed by atoms with Crippen LogP contribution in [0.25, 0.3) is 16.7 Å². The van der Waals surface area contributed by atoms with E-state index >= 15 is 0 Å². The molecule has 3 aromatic heterocycles. The molecule has 0 aliphatic rings. The molecule has 0 radical (unpaired) electrons. The van der Waals surface area contributed by atoms with Crippen molar-refractivity contribution in [2.45, 2.75) is 13.3 Å². The molecule has 120 valence electrons. The Bertz CT molecular complexity index is 1060. The number of rotatable bonds is 3. The molecule has 0 unspecified atom stereocenters. The summed E-state index contributed by atoms with van der Waals surface area (Å²) >= 11 is 0. The number of hydrogen-bond donors (Lipinski definition) is 1. The molecule has 0 saturated heterocycles. The number of carbonyl (C=O) groups is 1. The summed E-state index contributed by atoms with van der Waals surface area (Å²) in [6.45, 7) is 1.88. The average molecular weight is 320 g/mol. The lowest BCUT2D eigenvalue weighted by molar-refractivity contribution is -0.115. The summed E-state index contributed by atoms with van der Waals surface area (Å²) in [6.07, 6.45) is 4.05. The zero-order chi connectivity index (χ0) is 16.7. The fourth-order valence-electron chi connectivity index (χ4n) is 2.87. The second-order valence-corrected chi connectivity index (χ2v) is 5.77. The van der Waals surface area contributed by atoms with Crippen LogP contribution in [-0.2, 0) is 18.3 Å². The van der Waals surface area contributed by atoms with Gasteiger partial charge in [-0.3, -0.25) is 14.5 Å². The lowest BCUT2D eigenvalue weighted by atomic mass is 10.1. The molecule has 7 nitrogen and oxygen atoms in total. The van der Waals surface area contributed by atoms with Crippen LogP contribution >= 0.6 is 0 Å². The minimum Gasteiger partial charge on any atom is -0.350 e. The Morgan fingerprint density at radius 3 is 2.92 bits per heavy atom. The fourth-order valence-corrected chi connectivity index (χ4v) is 2.87. The van der Waals surface area contributed by atoms with Crippen LogP contribution < -0.4 is 5.32 Å². The molecular formula is C17H16N6O. The SMILES string of the molecule is Cc1ccn2c(NC(=O)Cc3cn(C)c4ccccc34)nnc2n1. The second-order valence-electron chi connectivity index (χ2n) is 5.77. The van der Waals surface area contributed by atoms with Crippen molar-refractivity contribution in [3.63, 3.8) is 0 Å². The quantitative estimate of drug-likeness (QED) is 0.627. The van der Waals surface area contributed by atoms with Gasteiger partial charge in [-0.05, 0) is 24.6 Å². The van der Waals surface area contributed by atoms with E-state index in [0.29, 0.717) is 11.7 Å². The molecule has 0 spiro atoms. The van der Waals surface area contributed by atoms with Gasteiger partial charge in [0, 0.05) is 36.0 Å². The normalized spacial score (nSPS) is 11.2. The Labute approximate surface area is 138 Å². The molecule has 4 rings (SSSR count). The summed E-state index contributed by atoms with van der Waals surface area (Å²) in [5, 5.41) is 11.9. The minimum atomic E-state index is -0.138. The Morgan fingerprint density at radius 1 is 1.21 bits per heavy atom. The fraction of sp³-hybridized carbons (Fsp3) is 0.176. The zero-order valence-electron chi connectivity index (χ0n) is 13.4. The lowest BCUT2D eigenvalue weighted by Gasteiger charge is -2.03. The van der Waals surface area contributed by atoms with E-state index in [-0.39, 0.29) is 12.3 Å². The van der Waals surface area contributed by atoms with Gasteiger partial charge in [0.1, 0.15) is 0 Å². The lowest BCUT2D eigenvalue weighted by Crippen LogP contribution is -2.16. The van der Waals surface area contributed by atoms with Crippen LogP contribution in [0.2, 0.25) is 0 Å². The van der Waals surface area contributed by atoms with Crippen LogP contribution in [-0.4, -0.2) is 30.1 Å². The number of amides is 1. The van der Waals surface area contributed by atoms with Gasteiger partial charge in [0.15, 0.2) is 0 Å². The monoisotopic (exact) mass is 320 g/mol. The van der Waals surface area contributed by atoms with Crippen LogP contribution in [0.5, 0.6) is 0 Å². The molecule has 0 aliphatic heterocycles. The largest absolute Gasteiger partial charge is 0.350 e. The highest BCUT2D eigenvalue weighted by molar-refractivity contribution is 5.95. The van der Waals surface area contributed by atoms with E-state index in [1.165, 1.54) is 0 Å². The molecular weight excluding hydrogens is 304 g/mol. The number of aryl methyl sites for hydroxylation is 2. The number of carbonyl (C=O) groups excluding carboxylic acids is 1. The van der Waals surface area contributed by atoms with E-state index in [1.54, 1.807) is 10.6 Å². The highest BCUT2D eigenvalue weighted by Crippen LogP contribution is 2.21. The van der Waals surface area contributed by atoms with E-state index in [2.05, 4.69) is 20.5 Å². The van der Waals surface area contributed by atoms with Crippen molar-refractivity contribution in [2.24, 2.45) is 7.05 Å². The van der Waals surface area contributed by atoms with Gasteiger partial charge in [-0.1, -0.05) is 18.2 Å². The van der Waals surface area contributed by atoms with E-state index in [9.17, 15) is 4.79 Å². The summed E-state index contributed by atoms with van der Waals surface area (Å²) in [5.74, 6) is 0.708. The molecule has 1 N–H and O–H groups in total. The molecule has 7 heteroatoms. The van der Waals surface area contributed by atoms with Crippen molar-refractivity contribution in [1.29, 1.82) is 0 Å². The summed E-state index contributed by atoms with van der Waals surface area (Å²) in [6, 6.07) is 9.87. The van der Waals surface area contributed by atoms with Gasteiger partial charge in [-0.2, -0.15) is 0 Å². The second kappa shape index (κ2) is 5.45. The van der Waals surface area contributed by atoms with Crippen molar-refractivity contribution in [3.05, 3.63) is 54.0 Å². The standard InChI is InChI=1S/C17H16N6O/c1-11-7-8-23-16(18-11)20-21-17(23)19-15(24)9-12-10-22(2)14-6-4-3-5-13(12)14/h3-8,10H,9H2,1-2H3,(H,19,21,24). The first-order valence-electron chi connectivity index (χ1n) is 7.63. The Balaban J connectivity index is 1.59. The average Bonchev–Trinajstić information content (AvgIpc) is 3.09. The van der Waals surface area contributed by atoms with Crippen molar-refractivity contribution in [3.8, 4) is 0 Å². The van der Waals surface area contributed by atoms with Crippen molar-refractivity contribution >= 4 is 28.5 Å². The predicted octanol–water partition coefficient (Wildman–Crippen LogP) is 2.11. The summed E-state index contributed by atoms with van der Waals surface area (Å²) in [4.78, 5) is 16.7. The smallest absolute Gasteiger partial charge is 0.256 e. The third-order valence-corrected chi connectivity index (χ3v) is 4.00. The van der Waals surface area contributed by atoms with Gasteiger partial charge in [-0.15, -0.1) is 10.2 Å². The van der Waals surface area contributed by atoms with Crippen molar-refractivity contribution in [2.75, 3.05) is 5.32 Å². The Hall–Kier alpha value is -3.22. The predicted molar refractivity (Wildman–Crippen MR) is 90.8 cm³/mol. The number of anilines is 1. The number of benzene rings is 1. The van der Waals surface area contributed by atoms with Gasteiger partial charge >= 0.3 is 0 Å². The molecule has 0 bridgehead atoms. The number of para-hydroxylation sites is 1. The number of hydrogen-bond acceptors (Lipinski definition) is 4. The first-order chi connectivity index (χ1) is 11.6. The molecule has 0 fully saturated rings. The summed E-state index contributed by atoms with van der Waals surface area (Å²) in [7, 11) is 1.98. The molecule has 24 heavy (non-hydrogen) atoms. The molecule has 4 aromatic rings. The Morgan fingerprint density at radius 2 is 2.04 bits per heavy atom. The maximum absolute atomic E-state index is 12.4. The number of nitrogens with zero attached hydrogens (tertiary/aromatic N) is 5. The van der Waals surface area contributed by atoms with E-state index in [4.69, 9.17) is 0 Å². The topological polar surface area (TPSA) is 77.1 Å². The third kappa shape index (κ3) is 2.40. The molecule has 3 heterocycles. The van der Waals surface area contributed by atoms with E-state index < -0.39 is 0 Å². The van der Waals surface area contributed by atoms with Gasteiger partial charge in [0.25, 0.3) is 5.78 Å². The maximum Gasteiger partial charge on any atom is 0.256 e. The number of nitrogens with one attached hydrogen (secondary N) is 1. The Kier molecular flexibility index (Phi) is 3.26. The zero-order valence-corrected chi connectivity index (χ0v) is 13.4. The number of aromatic nitrogens is 5. The summed E-state index contributed by atoms with van der Waals surface area (Å²) in [5.41, 5.74) is 2.94. The molecule has 0 atom stereocenters. The first-order valence-corrected chi connectivity index (χ1v) is 7.63. The molecule has 0 aliphatic carbocycles. The van der Waals surface area contributed by atoms with Gasteiger partial charge in [-0.25, -0.2) is 4.98 Å². The van der Waals surface area contributed by atoms with Gasteiger partial charge in [0.2, 0.25) is 11.9 Å². The van der Waals surface area contributed by atoms with Crippen LogP contribution in [0.4, 0.5) is 5.95 Å². The highest BCUT2D eigenvalue weighted by Gasteiger charge is 2.13. The van der Waals surface area contributed by atoms with E-state index in [0.717, 1.165) is 22.2 Å². The van der Waals surface area contributed by atoms with Crippen molar-refractivity contribution in [1.82, 2.24) is 24.1 Å². The van der Waals surface area contributed by atoms with Gasteiger partial charge < -0.3 is 4.57 Å². The van der Waals surface area contributed by atoms with Gasteiger partial charge in [0.05, 0.1) is 6.42 Å². The maximum atomic E-state index is 12.4. The number of fused-ring (bicyclic) bond motifs is 2. The van der Waals surface area contributed by atoms with Crippen LogP contribution in [0.1, 0.15) is 11.3 Å². The van der Waals surface area contributed by atoms with Crippen LogP contribution in [0, 0.1) is 6.92 Å². The molecule has 1 aromatic carbocycles. The molecule has 1 amide bonds. The first kappa shape index (κ1) is 14.4. The van der Waals surface area contributed by atoms with Crippen LogP contribution in [0.15, 0.2) is 42.7 Å². The highest BCUT2D eigenvalue weighted by atomic mass is 16.1. The van der Waals surface area contributed by atoms with Crippen LogP contribution in [0.3, 0.4) is 0 Å². The summed E-state index contributed by atoms with van der Waals surface area (Å²) < 4.78 is 3.69. The third-order valence-electron chi connectivity index (χ3n) is 4.00. The molecule has 0 saturated carbocycles. The minimum absolute atomic E-state index is 0.138. The van der Waals surface area contributed by atoms with Crippen molar-refractivity contribution < 1.29 is 4.79 Å².